The largest absolute Gasteiger partial charge is 0.378 e. The van der Waals surface area contributed by atoms with Crippen molar-refractivity contribution in [1.82, 2.24) is 0 Å². The van der Waals surface area contributed by atoms with Crippen LogP contribution in [-0.4, -0.2) is 27.7 Å². The van der Waals surface area contributed by atoms with Crippen molar-refractivity contribution < 1.29 is 17.3 Å². The molecule has 3 saturated carbocycles. The highest BCUT2D eigenvalue weighted by Crippen LogP contribution is 2.67. The number of rotatable bonds is 15. The predicted octanol–water partition coefficient (Wildman–Crippen LogP) is 11.1. The molecule has 0 spiro atoms. The van der Waals surface area contributed by atoms with Gasteiger partial charge in [0.2, 0.25) is 0 Å². The summed E-state index contributed by atoms with van der Waals surface area (Å²) < 4.78 is 36.5. The Morgan fingerprint density at radius 2 is 1.62 bits per heavy atom. The first-order chi connectivity index (χ1) is 22.4. The molecule has 3 fully saturated rings. The van der Waals surface area contributed by atoms with E-state index >= 15 is 0 Å². The Bertz CT molecular complexity index is 1330. The minimum absolute atomic E-state index is 0.234. The molecule has 0 bridgehead atoms. The lowest BCUT2D eigenvalue weighted by Crippen LogP contribution is -2.51. The maximum absolute atomic E-state index is 12.4. The molecule has 0 N–H and O–H groups in total. The molecule has 4 aliphatic rings. The van der Waals surface area contributed by atoms with E-state index in [0.717, 1.165) is 73.9 Å². The van der Waals surface area contributed by atoms with E-state index in [1.807, 2.05) is 6.92 Å². The maximum atomic E-state index is 12.4. The molecule has 1 aromatic carbocycles. The van der Waals surface area contributed by atoms with Gasteiger partial charge in [-0.3, -0.25) is 4.18 Å². The first-order valence-electron chi connectivity index (χ1n) is 19.3. The summed E-state index contributed by atoms with van der Waals surface area (Å²) in [6.07, 6.45) is 23.7. The van der Waals surface area contributed by atoms with Gasteiger partial charge in [-0.2, -0.15) is 8.42 Å². The summed E-state index contributed by atoms with van der Waals surface area (Å²) in [6.45, 7) is 17.9. The van der Waals surface area contributed by atoms with Gasteiger partial charge < -0.3 is 4.74 Å². The Morgan fingerprint density at radius 3 is 2.32 bits per heavy atom. The van der Waals surface area contributed by atoms with Gasteiger partial charge in [-0.25, -0.2) is 0 Å². The molecule has 264 valence electrons. The molecule has 0 aliphatic heterocycles. The lowest BCUT2D eigenvalue weighted by Gasteiger charge is -2.58. The third-order valence-corrected chi connectivity index (χ3v) is 15.0. The second kappa shape index (κ2) is 15.6. The van der Waals surface area contributed by atoms with Crippen molar-refractivity contribution in [2.75, 3.05) is 13.2 Å². The Kier molecular flexibility index (Phi) is 12.3. The first kappa shape index (κ1) is 36.8. The van der Waals surface area contributed by atoms with Gasteiger partial charge in [0.1, 0.15) is 0 Å². The van der Waals surface area contributed by atoms with Gasteiger partial charge in [0.05, 0.1) is 17.6 Å². The van der Waals surface area contributed by atoms with Gasteiger partial charge in [-0.1, -0.05) is 95.9 Å². The second-order valence-electron chi connectivity index (χ2n) is 16.8. The lowest BCUT2D eigenvalue weighted by molar-refractivity contribution is -0.0615. The third kappa shape index (κ3) is 8.15. The van der Waals surface area contributed by atoms with E-state index in [4.69, 9.17) is 8.92 Å². The number of allylic oxidation sites excluding steroid dienone is 3. The van der Waals surface area contributed by atoms with Gasteiger partial charge in [-0.05, 0) is 142 Å². The van der Waals surface area contributed by atoms with Crippen LogP contribution in [0, 0.1) is 59.2 Å². The lowest BCUT2D eigenvalue weighted by atomic mass is 9.47. The molecule has 5 rings (SSSR count). The predicted molar refractivity (Wildman–Crippen MR) is 195 cm³/mol. The van der Waals surface area contributed by atoms with E-state index in [-0.39, 0.29) is 11.5 Å². The molecule has 3 unspecified atom stereocenters. The highest BCUT2D eigenvalue weighted by atomic mass is 32.2. The zero-order chi connectivity index (χ0) is 33.8. The molecule has 47 heavy (non-hydrogen) atoms. The smallest absolute Gasteiger partial charge is 0.296 e. The number of hydrogen-bond acceptors (Lipinski definition) is 4. The summed E-state index contributed by atoms with van der Waals surface area (Å²) in [7, 11) is -3.67. The molecule has 5 heteroatoms. The van der Waals surface area contributed by atoms with Crippen molar-refractivity contribution in [3.8, 4) is 0 Å². The number of hydrogen-bond donors (Lipinski definition) is 0. The van der Waals surface area contributed by atoms with Crippen LogP contribution >= 0.6 is 0 Å². The molecule has 0 saturated heterocycles. The van der Waals surface area contributed by atoms with Crippen LogP contribution in [-0.2, 0) is 19.0 Å². The van der Waals surface area contributed by atoms with Crippen molar-refractivity contribution >= 4 is 10.1 Å². The molecular formula is C42H66O4S. The molecule has 4 aliphatic carbocycles. The Hall–Kier alpha value is -1.43. The Balaban J connectivity index is 1.05. The first-order valence-corrected chi connectivity index (χ1v) is 20.8. The highest BCUT2D eigenvalue weighted by Gasteiger charge is 2.59. The van der Waals surface area contributed by atoms with Crippen LogP contribution < -0.4 is 0 Å². The van der Waals surface area contributed by atoms with Crippen molar-refractivity contribution in [3.63, 3.8) is 0 Å². The van der Waals surface area contributed by atoms with Crippen molar-refractivity contribution in [3.05, 3.63) is 53.6 Å². The number of fused-ring (bicyclic) bond motifs is 5. The zero-order valence-electron chi connectivity index (χ0n) is 30.8. The molecule has 0 radical (unpaired) electrons. The molecule has 0 amide bonds. The fourth-order valence-electron chi connectivity index (χ4n) is 10.7. The van der Waals surface area contributed by atoms with Gasteiger partial charge in [0, 0.05) is 6.61 Å². The van der Waals surface area contributed by atoms with E-state index in [1.165, 1.54) is 51.4 Å². The number of benzene rings is 1. The maximum Gasteiger partial charge on any atom is 0.296 e. The van der Waals surface area contributed by atoms with Crippen LogP contribution in [0.2, 0.25) is 0 Å². The van der Waals surface area contributed by atoms with Gasteiger partial charge in [0.25, 0.3) is 10.1 Å². The van der Waals surface area contributed by atoms with Crippen LogP contribution in [0.3, 0.4) is 0 Å². The fourth-order valence-corrected chi connectivity index (χ4v) is 11.6. The van der Waals surface area contributed by atoms with Gasteiger partial charge in [0.15, 0.2) is 0 Å². The van der Waals surface area contributed by atoms with E-state index in [9.17, 15) is 8.42 Å². The van der Waals surface area contributed by atoms with Gasteiger partial charge in [-0.15, -0.1) is 0 Å². The van der Waals surface area contributed by atoms with E-state index in [2.05, 4.69) is 59.8 Å². The number of ether oxygens (including phenoxy) is 1. The van der Waals surface area contributed by atoms with Crippen LogP contribution in [0.15, 0.2) is 53.0 Å². The zero-order valence-corrected chi connectivity index (χ0v) is 31.6. The minimum atomic E-state index is -3.67. The summed E-state index contributed by atoms with van der Waals surface area (Å²) in [5, 5.41) is 0. The Labute approximate surface area is 288 Å². The summed E-state index contributed by atoms with van der Waals surface area (Å²) in [5.41, 5.74) is 3.59. The fraction of sp³-hybridized carbons (Fsp3) is 0.762. The molecule has 9 atom stereocenters. The SMILES string of the molecule is CC[C@H](C=C[C@@H](C)[C@H]1CCC2C3CC=C4C[C@@H](OCCCCCCOS(=O)(=O)c5ccc(C)cc5)CC[C@]4(C)C3CC[C@@]21C)C(C)C. The number of unbranched alkanes of at least 4 members (excludes halogenated alkanes) is 3. The molecule has 1 aromatic rings. The summed E-state index contributed by atoms with van der Waals surface area (Å²) in [6, 6.07) is 6.83. The standard InChI is InChI=1S/C42H66O4S/c1-8-33(30(2)3)16-15-32(5)38-21-22-39-37-20-17-34-29-35(23-25-41(34,6)40(37)24-26-42(38,39)7)45-27-11-9-10-12-28-46-47(43,44)36-18-13-31(4)14-19-36/h13-19,30,32-33,35,37-40H,8-12,20-29H2,1-7H3/t32-,33-,35+,37?,38-,39?,40?,41+,42-/m1/s1. The van der Waals surface area contributed by atoms with Crippen molar-refractivity contribution in [2.45, 2.75) is 143 Å². The minimum Gasteiger partial charge on any atom is -0.378 e. The molecule has 4 nitrogen and oxygen atoms in total. The monoisotopic (exact) mass is 666 g/mol. The normalized spacial score (nSPS) is 33.7. The van der Waals surface area contributed by atoms with Crippen LogP contribution in [0.25, 0.3) is 0 Å². The number of aryl methyl sites for hydroxylation is 1. The second-order valence-corrected chi connectivity index (χ2v) is 18.4. The van der Waals surface area contributed by atoms with Crippen LogP contribution in [0.4, 0.5) is 0 Å². The molecular weight excluding hydrogens is 601 g/mol. The molecule has 0 aromatic heterocycles. The highest BCUT2D eigenvalue weighted by molar-refractivity contribution is 7.86. The topological polar surface area (TPSA) is 52.6 Å². The van der Waals surface area contributed by atoms with Crippen molar-refractivity contribution in [2.24, 2.45) is 52.3 Å². The summed E-state index contributed by atoms with van der Waals surface area (Å²) in [4.78, 5) is 0.234. The van der Waals surface area contributed by atoms with Crippen LogP contribution in [0.5, 0.6) is 0 Å². The van der Waals surface area contributed by atoms with E-state index in [0.29, 0.717) is 28.8 Å². The van der Waals surface area contributed by atoms with Crippen LogP contribution in [0.1, 0.15) is 131 Å². The van der Waals surface area contributed by atoms with E-state index < -0.39 is 10.1 Å². The molecule has 0 heterocycles. The average Bonchev–Trinajstić information content (AvgIpc) is 3.40. The van der Waals surface area contributed by atoms with E-state index in [1.54, 1.807) is 29.8 Å². The van der Waals surface area contributed by atoms with Crippen molar-refractivity contribution in [1.29, 1.82) is 0 Å². The van der Waals surface area contributed by atoms with Gasteiger partial charge >= 0.3 is 0 Å². The Morgan fingerprint density at radius 1 is 0.894 bits per heavy atom. The third-order valence-electron chi connectivity index (χ3n) is 13.7. The summed E-state index contributed by atoms with van der Waals surface area (Å²) >= 11 is 0. The summed E-state index contributed by atoms with van der Waals surface area (Å²) in [5.74, 6) is 5.53. The average molecular weight is 667 g/mol. The quantitative estimate of drug-likeness (QED) is 0.106.